The molecule has 0 bridgehead atoms. The van der Waals surface area contributed by atoms with Crippen LogP contribution in [0, 0.1) is 18.8 Å². The molecule has 1 heteroatoms. The van der Waals surface area contributed by atoms with Crippen molar-refractivity contribution in [3.63, 3.8) is 0 Å². The quantitative estimate of drug-likeness (QED) is 0.583. The fraction of sp³-hybridized carbons (Fsp3) is 0.429. The van der Waals surface area contributed by atoms with Crippen LogP contribution in [0.5, 0.6) is 0 Å². The van der Waals surface area contributed by atoms with Crippen molar-refractivity contribution < 1.29 is 0 Å². The molecule has 0 radical (unpaired) electrons. The molecule has 80 valence electrons. The smallest absolute Gasteiger partial charge is 0.0294 e. The first-order chi connectivity index (χ1) is 7.25. The standard InChI is InChI=1S/C14H19N/c1-4-5-8-11-15-13(3)14-10-7-6-9-12(14)2/h6-7,9-10,13,15H,8,11H2,1-3H3/t13-/m1/s1. The van der Waals surface area contributed by atoms with Gasteiger partial charge in [-0.05, 0) is 31.9 Å². The van der Waals surface area contributed by atoms with Gasteiger partial charge in [-0.1, -0.05) is 24.3 Å². The molecule has 1 aromatic carbocycles. The molecule has 0 saturated carbocycles. The molecular weight excluding hydrogens is 182 g/mol. The Morgan fingerprint density at radius 2 is 2.07 bits per heavy atom. The maximum absolute atomic E-state index is 3.47. The van der Waals surface area contributed by atoms with Crippen LogP contribution in [0.1, 0.15) is 37.4 Å². The first-order valence-corrected chi connectivity index (χ1v) is 5.44. The Hall–Kier alpha value is -1.26. The second-order valence-electron chi connectivity index (χ2n) is 3.71. The summed E-state index contributed by atoms with van der Waals surface area (Å²) in [5.41, 5.74) is 2.72. The number of aryl methyl sites for hydroxylation is 1. The van der Waals surface area contributed by atoms with Crippen LogP contribution in [0.2, 0.25) is 0 Å². The predicted molar refractivity (Wildman–Crippen MR) is 65.7 cm³/mol. The maximum Gasteiger partial charge on any atom is 0.0294 e. The van der Waals surface area contributed by atoms with Crippen LogP contribution in [-0.4, -0.2) is 6.54 Å². The Morgan fingerprint density at radius 1 is 1.33 bits per heavy atom. The van der Waals surface area contributed by atoms with E-state index in [4.69, 9.17) is 0 Å². The minimum atomic E-state index is 0.407. The molecule has 0 heterocycles. The molecule has 0 aliphatic heterocycles. The van der Waals surface area contributed by atoms with Gasteiger partial charge in [0.25, 0.3) is 0 Å². The summed E-state index contributed by atoms with van der Waals surface area (Å²) in [6.45, 7) is 7.18. The monoisotopic (exact) mass is 201 g/mol. The van der Waals surface area contributed by atoms with Crippen molar-refractivity contribution in [3.8, 4) is 11.8 Å². The van der Waals surface area contributed by atoms with Gasteiger partial charge in [0.1, 0.15) is 0 Å². The summed E-state index contributed by atoms with van der Waals surface area (Å²) in [7, 11) is 0. The molecule has 1 N–H and O–H groups in total. The highest BCUT2D eigenvalue weighted by molar-refractivity contribution is 5.28. The van der Waals surface area contributed by atoms with Crippen LogP contribution in [0.3, 0.4) is 0 Å². The molecule has 15 heavy (non-hydrogen) atoms. The van der Waals surface area contributed by atoms with E-state index in [1.807, 2.05) is 6.92 Å². The average molecular weight is 201 g/mol. The molecule has 0 aromatic heterocycles. The van der Waals surface area contributed by atoms with E-state index in [1.54, 1.807) is 0 Å². The average Bonchev–Trinajstić information content (AvgIpc) is 2.25. The van der Waals surface area contributed by atoms with Crippen LogP contribution in [0.15, 0.2) is 24.3 Å². The van der Waals surface area contributed by atoms with Gasteiger partial charge in [-0.15, -0.1) is 11.8 Å². The van der Waals surface area contributed by atoms with E-state index in [-0.39, 0.29) is 0 Å². The van der Waals surface area contributed by atoms with Gasteiger partial charge in [0.15, 0.2) is 0 Å². The highest BCUT2D eigenvalue weighted by atomic mass is 14.9. The molecule has 0 saturated heterocycles. The van der Waals surface area contributed by atoms with E-state index in [2.05, 4.69) is 55.3 Å². The van der Waals surface area contributed by atoms with Crippen molar-refractivity contribution >= 4 is 0 Å². The summed E-state index contributed by atoms with van der Waals surface area (Å²) in [6, 6.07) is 8.91. The summed E-state index contributed by atoms with van der Waals surface area (Å²) in [4.78, 5) is 0. The summed E-state index contributed by atoms with van der Waals surface area (Å²) in [6.07, 6.45) is 0.923. The van der Waals surface area contributed by atoms with E-state index in [9.17, 15) is 0 Å². The summed E-state index contributed by atoms with van der Waals surface area (Å²) in [5.74, 6) is 5.96. The van der Waals surface area contributed by atoms with Gasteiger partial charge in [0.05, 0.1) is 0 Å². The molecule has 0 aliphatic rings. The van der Waals surface area contributed by atoms with Gasteiger partial charge < -0.3 is 5.32 Å². The number of nitrogens with one attached hydrogen (secondary N) is 1. The zero-order chi connectivity index (χ0) is 11.1. The zero-order valence-corrected chi connectivity index (χ0v) is 9.80. The predicted octanol–water partition coefficient (Wildman–Crippen LogP) is 3.06. The minimum Gasteiger partial charge on any atom is -0.309 e. The van der Waals surface area contributed by atoms with Gasteiger partial charge >= 0.3 is 0 Å². The Labute approximate surface area is 92.9 Å². The van der Waals surface area contributed by atoms with Crippen molar-refractivity contribution in [2.45, 2.75) is 33.2 Å². The molecule has 1 aromatic rings. The molecule has 0 unspecified atom stereocenters. The van der Waals surface area contributed by atoms with Crippen LogP contribution in [0.25, 0.3) is 0 Å². The van der Waals surface area contributed by atoms with Gasteiger partial charge in [-0.25, -0.2) is 0 Å². The molecular formula is C14H19N. The van der Waals surface area contributed by atoms with Gasteiger partial charge in [0.2, 0.25) is 0 Å². The van der Waals surface area contributed by atoms with E-state index in [0.717, 1.165) is 13.0 Å². The Bertz CT molecular complexity index is 357. The number of hydrogen-bond donors (Lipinski definition) is 1. The molecule has 1 atom stereocenters. The molecule has 0 spiro atoms. The number of hydrogen-bond acceptors (Lipinski definition) is 1. The SMILES string of the molecule is CC#CCCN[C@H](C)c1ccccc1C. The topological polar surface area (TPSA) is 12.0 Å². The minimum absolute atomic E-state index is 0.407. The van der Waals surface area contributed by atoms with Crippen LogP contribution < -0.4 is 5.32 Å². The second kappa shape index (κ2) is 6.27. The lowest BCUT2D eigenvalue weighted by Gasteiger charge is -2.15. The maximum atomic E-state index is 3.47. The van der Waals surface area contributed by atoms with Crippen molar-refractivity contribution in [3.05, 3.63) is 35.4 Å². The fourth-order valence-electron chi connectivity index (χ4n) is 1.66. The highest BCUT2D eigenvalue weighted by Crippen LogP contribution is 2.16. The second-order valence-corrected chi connectivity index (χ2v) is 3.71. The molecule has 1 rings (SSSR count). The third kappa shape index (κ3) is 3.77. The first-order valence-electron chi connectivity index (χ1n) is 5.44. The lowest BCUT2D eigenvalue weighted by molar-refractivity contribution is 0.581. The third-order valence-electron chi connectivity index (χ3n) is 2.53. The summed E-state index contributed by atoms with van der Waals surface area (Å²) in [5, 5.41) is 3.47. The molecule has 0 amide bonds. The lowest BCUT2D eigenvalue weighted by atomic mass is 10.0. The summed E-state index contributed by atoms with van der Waals surface area (Å²) >= 11 is 0. The number of benzene rings is 1. The van der Waals surface area contributed by atoms with Crippen LogP contribution >= 0.6 is 0 Å². The molecule has 0 aliphatic carbocycles. The Kier molecular flexibility index (Phi) is 4.93. The van der Waals surface area contributed by atoms with Crippen LogP contribution in [0.4, 0.5) is 0 Å². The van der Waals surface area contributed by atoms with E-state index in [1.165, 1.54) is 11.1 Å². The van der Waals surface area contributed by atoms with Gasteiger partial charge in [0, 0.05) is 19.0 Å². The van der Waals surface area contributed by atoms with E-state index >= 15 is 0 Å². The number of rotatable bonds is 4. The van der Waals surface area contributed by atoms with Crippen molar-refractivity contribution in [1.82, 2.24) is 5.32 Å². The highest BCUT2D eigenvalue weighted by Gasteiger charge is 2.05. The third-order valence-corrected chi connectivity index (χ3v) is 2.53. The van der Waals surface area contributed by atoms with Crippen molar-refractivity contribution in [2.24, 2.45) is 0 Å². The van der Waals surface area contributed by atoms with E-state index in [0.29, 0.717) is 6.04 Å². The normalized spacial score (nSPS) is 11.7. The lowest BCUT2D eigenvalue weighted by Crippen LogP contribution is -2.20. The van der Waals surface area contributed by atoms with Gasteiger partial charge in [-0.2, -0.15) is 0 Å². The zero-order valence-electron chi connectivity index (χ0n) is 9.80. The van der Waals surface area contributed by atoms with E-state index < -0.39 is 0 Å². The Morgan fingerprint density at radius 3 is 2.73 bits per heavy atom. The van der Waals surface area contributed by atoms with Gasteiger partial charge in [-0.3, -0.25) is 0 Å². The fourth-order valence-corrected chi connectivity index (χ4v) is 1.66. The largest absolute Gasteiger partial charge is 0.309 e. The summed E-state index contributed by atoms with van der Waals surface area (Å²) < 4.78 is 0. The molecule has 0 fully saturated rings. The molecule has 1 nitrogen and oxygen atoms in total. The Balaban J connectivity index is 2.49. The van der Waals surface area contributed by atoms with Crippen molar-refractivity contribution in [1.29, 1.82) is 0 Å². The first kappa shape index (κ1) is 11.8. The van der Waals surface area contributed by atoms with Crippen LogP contribution in [-0.2, 0) is 0 Å². The van der Waals surface area contributed by atoms with Crippen molar-refractivity contribution in [2.75, 3.05) is 6.54 Å².